The Morgan fingerprint density at radius 1 is 1.16 bits per heavy atom. The van der Waals surface area contributed by atoms with Crippen molar-refractivity contribution in [2.24, 2.45) is 5.92 Å². The number of amides is 2. The summed E-state index contributed by atoms with van der Waals surface area (Å²) in [4.78, 5) is 28.7. The molecule has 2 fully saturated rings. The Hall–Kier alpha value is -3.12. The molecule has 0 aliphatic carbocycles. The van der Waals surface area contributed by atoms with Gasteiger partial charge in [0.2, 0.25) is 5.91 Å². The van der Waals surface area contributed by atoms with E-state index < -0.39 is 0 Å². The smallest absolute Gasteiger partial charge is 0.251 e. The molecule has 31 heavy (non-hydrogen) atoms. The van der Waals surface area contributed by atoms with E-state index in [-0.39, 0.29) is 29.9 Å². The van der Waals surface area contributed by atoms with Gasteiger partial charge in [0.25, 0.3) is 5.91 Å². The number of ether oxygens (including phenoxy) is 1. The number of rotatable bonds is 6. The van der Waals surface area contributed by atoms with Crippen molar-refractivity contribution in [1.82, 2.24) is 10.3 Å². The highest BCUT2D eigenvalue weighted by atomic mass is 16.5. The molecule has 1 aromatic heterocycles. The molecule has 2 amide bonds. The minimum atomic E-state index is -0.140. The Balaban J connectivity index is 1.21. The third kappa shape index (κ3) is 3.95. The molecule has 0 unspecified atom stereocenters. The van der Waals surface area contributed by atoms with Crippen LogP contribution in [0.5, 0.6) is 0 Å². The van der Waals surface area contributed by atoms with Crippen molar-refractivity contribution in [1.29, 1.82) is 0 Å². The molecule has 2 aliphatic rings. The fourth-order valence-electron chi connectivity index (χ4n) is 4.79. The number of hydrogen-bond donors (Lipinski definition) is 3. The van der Waals surface area contributed by atoms with Crippen LogP contribution in [0.3, 0.4) is 0 Å². The Kier molecular flexibility index (Phi) is 5.24. The summed E-state index contributed by atoms with van der Waals surface area (Å²) in [6.45, 7) is 2.48. The highest BCUT2D eigenvalue weighted by Crippen LogP contribution is 2.39. The van der Waals surface area contributed by atoms with E-state index in [4.69, 9.17) is 4.74 Å². The lowest BCUT2D eigenvalue weighted by Crippen LogP contribution is -2.31. The minimum Gasteiger partial charge on any atom is -0.374 e. The molecular weight excluding hydrogens is 390 g/mol. The van der Waals surface area contributed by atoms with Crippen molar-refractivity contribution in [2.45, 2.75) is 44.8 Å². The van der Waals surface area contributed by atoms with Crippen LogP contribution in [0, 0.1) is 12.8 Å². The first-order chi connectivity index (χ1) is 15.1. The number of benzene rings is 2. The predicted molar refractivity (Wildman–Crippen MR) is 120 cm³/mol. The number of aromatic nitrogens is 1. The zero-order valence-electron chi connectivity index (χ0n) is 17.6. The van der Waals surface area contributed by atoms with Gasteiger partial charge in [0.1, 0.15) is 0 Å². The molecule has 3 atom stereocenters. The summed E-state index contributed by atoms with van der Waals surface area (Å²) in [5.74, 6) is -0.238. The molecule has 0 saturated carbocycles. The molecule has 0 radical (unpaired) electrons. The molecule has 2 aromatic carbocycles. The second-order valence-electron chi connectivity index (χ2n) is 8.60. The molecule has 6 nitrogen and oxygen atoms in total. The van der Waals surface area contributed by atoms with Crippen LogP contribution in [0.15, 0.2) is 48.7 Å². The van der Waals surface area contributed by atoms with Gasteiger partial charge in [0.05, 0.1) is 18.1 Å². The van der Waals surface area contributed by atoms with Crippen LogP contribution in [0.2, 0.25) is 0 Å². The number of nitrogens with one attached hydrogen (secondary N) is 3. The standard InChI is InChI=1S/C25H27N3O3/c1-15-6-7-16(12-22(15)28-25(30)20-13-18-8-9-23(20)31-18)24(29)26-11-10-17-14-27-21-5-3-2-4-19(17)21/h2-7,12,14,18,20,23,27H,8-11,13H2,1H3,(H,26,29)(H,28,30)/t18-,20+,23+/m0/s1. The maximum Gasteiger partial charge on any atom is 0.251 e. The van der Waals surface area contributed by atoms with Crippen molar-refractivity contribution < 1.29 is 14.3 Å². The second kappa shape index (κ2) is 8.19. The molecule has 160 valence electrons. The van der Waals surface area contributed by atoms with Crippen molar-refractivity contribution >= 4 is 28.4 Å². The average molecular weight is 418 g/mol. The molecule has 2 bridgehead atoms. The molecule has 3 N–H and O–H groups in total. The average Bonchev–Trinajstić information content (AvgIpc) is 3.51. The number of hydrogen-bond acceptors (Lipinski definition) is 3. The van der Waals surface area contributed by atoms with Gasteiger partial charge in [-0.05, 0) is 61.9 Å². The summed E-state index contributed by atoms with van der Waals surface area (Å²) in [6, 6.07) is 13.6. The van der Waals surface area contributed by atoms with Gasteiger partial charge in [-0.25, -0.2) is 0 Å². The SMILES string of the molecule is Cc1ccc(C(=O)NCCc2c[nH]c3ccccc23)cc1NC(=O)[C@@H]1C[C@@H]2CC[C@H]1O2. The van der Waals surface area contributed by atoms with Gasteiger partial charge in [-0.15, -0.1) is 0 Å². The van der Waals surface area contributed by atoms with Gasteiger partial charge in [-0.3, -0.25) is 9.59 Å². The number of anilines is 1. The molecule has 5 rings (SSSR count). The third-order valence-electron chi connectivity index (χ3n) is 6.56. The van der Waals surface area contributed by atoms with Crippen LogP contribution in [0.25, 0.3) is 10.9 Å². The zero-order chi connectivity index (χ0) is 21.4. The summed E-state index contributed by atoms with van der Waals surface area (Å²) in [5.41, 5.74) is 4.46. The Labute approximate surface area is 181 Å². The first-order valence-corrected chi connectivity index (χ1v) is 11.0. The van der Waals surface area contributed by atoms with Gasteiger partial charge in [-0.2, -0.15) is 0 Å². The van der Waals surface area contributed by atoms with E-state index in [1.165, 1.54) is 10.9 Å². The van der Waals surface area contributed by atoms with Gasteiger partial charge >= 0.3 is 0 Å². The van der Waals surface area contributed by atoms with E-state index in [2.05, 4.69) is 21.7 Å². The van der Waals surface area contributed by atoms with Crippen molar-refractivity contribution in [3.8, 4) is 0 Å². The number of aromatic amines is 1. The minimum absolute atomic E-state index is 0.00723. The monoisotopic (exact) mass is 417 g/mol. The Morgan fingerprint density at radius 2 is 2.03 bits per heavy atom. The normalized spacial score (nSPS) is 22.0. The van der Waals surface area contributed by atoms with Gasteiger partial charge in [0.15, 0.2) is 0 Å². The Bertz CT molecular complexity index is 1140. The topological polar surface area (TPSA) is 83.2 Å². The molecule has 2 aliphatic heterocycles. The third-order valence-corrected chi connectivity index (χ3v) is 6.56. The molecule has 0 spiro atoms. The number of fused-ring (bicyclic) bond motifs is 3. The van der Waals surface area contributed by atoms with Crippen LogP contribution in [0.4, 0.5) is 5.69 Å². The first-order valence-electron chi connectivity index (χ1n) is 11.0. The maximum atomic E-state index is 12.8. The summed E-state index contributed by atoms with van der Waals surface area (Å²) >= 11 is 0. The lowest BCUT2D eigenvalue weighted by atomic mass is 9.88. The molecule has 3 heterocycles. The second-order valence-corrected chi connectivity index (χ2v) is 8.60. The Morgan fingerprint density at radius 3 is 2.84 bits per heavy atom. The molecule has 6 heteroatoms. The quantitative estimate of drug-likeness (QED) is 0.568. The zero-order valence-corrected chi connectivity index (χ0v) is 17.6. The van der Waals surface area contributed by atoms with E-state index >= 15 is 0 Å². The highest BCUT2D eigenvalue weighted by Gasteiger charge is 2.44. The molecule has 3 aromatic rings. The lowest BCUT2D eigenvalue weighted by Gasteiger charge is -2.19. The van der Waals surface area contributed by atoms with E-state index in [1.807, 2.05) is 37.4 Å². The maximum absolute atomic E-state index is 12.8. The number of carbonyl (C=O) groups is 2. The summed E-state index contributed by atoms with van der Waals surface area (Å²) in [5, 5.41) is 7.20. The summed E-state index contributed by atoms with van der Waals surface area (Å²) in [7, 11) is 0. The van der Waals surface area contributed by atoms with Gasteiger partial charge < -0.3 is 20.4 Å². The number of carbonyl (C=O) groups excluding carboxylic acids is 2. The van der Waals surface area contributed by atoms with Crippen LogP contribution < -0.4 is 10.6 Å². The summed E-state index contributed by atoms with van der Waals surface area (Å²) < 4.78 is 5.81. The number of aryl methyl sites for hydroxylation is 1. The lowest BCUT2D eigenvalue weighted by molar-refractivity contribution is -0.121. The predicted octanol–water partition coefficient (Wildman–Crippen LogP) is 3.95. The fraction of sp³-hybridized carbons (Fsp3) is 0.360. The van der Waals surface area contributed by atoms with Gasteiger partial charge in [0, 0.05) is 34.9 Å². The van der Waals surface area contributed by atoms with E-state index in [1.54, 1.807) is 12.1 Å². The molecular formula is C25H27N3O3. The van der Waals surface area contributed by atoms with Crippen molar-refractivity contribution in [3.05, 3.63) is 65.4 Å². The van der Waals surface area contributed by atoms with Crippen LogP contribution in [-0.2, 0) is 16.0 Å². The number of H-pyrrole nitrogens is 1. The summed E-state index contributed by atoms with van der Waals surface area (Å²) in [6.07, 6.45) is 5.83. The van der Waals surface area contributed by atoms with E-state index in [0.717, 1.165) is 36.8 Å². The van der Waals surface area contributed by atoms with E-state index in [9.17, 15) is 9.59 Å². The van der Waals surface area contributed by atoms with Gasteiger partial charge in [-0.1, -0.05) is 24.3 Å². The van der Waals surface area contributed by atoms with Crippen LogP contribution in [-0.4, -0.2) is 35.6 Å². The van der Waals surface area contributed by atoms with Crippen LogP contribution in [0.1, 0.15) is 40.7 Å². The fourth-order valence-corrected chi connectivity index (χ4v) is 4.79. The van der Waals surface area contributed by atoms with Crippen molar-refractivity contribution in [2.75, 3.05) is 11.9 Å². The largest absolute Gasteiger partial charge is 0.374 e. The highest BCUT2D eigenvalue weighted by molar-refractivity contribution is 5.98. The van der Waals surface area contributed by atoms with Crippen molar-refractivity contribution in [3.63, 3.8) is 0 Å². The number of para-hydroxylation sites is 1. The van der Waals surface area contributed by atoms with E-state index in [0.29, 0.717) is 17.8 Å². The molecule has 2 saturated heterocycles. The van der Waals surface area contributed by atoms with Crippen LogP contribution >= 0.6 is 0 Å². The first kappa shape index (κ1) is 19.8.